The van der Waals surface area contributed by atoms with E-state index in [0.717, 1.165) is 41.3 Å². The number of para-hydroxylation sites is 1. The lowest BCUT2D eigenvalue weighted by Gasteiger charge is -2.47. The standard InChI is InChI=1S/C25H32N2O3S/c1-3-16-11-17-23(29)19(25-26-20-8-4-5-9-21(20)31-25)14-30-24(17)18(22(16)28)13-27-10-6-7-15(2)12-27/h4-5,8-9,14-18,22,24,28H,3,6-7,10-13H2,1-2H3. The minimum atomic E-state index is -0.423. The van der Waals surface area contributed by atoms with Gasteiger partial charge in [0.2, 0.25) is 0 Å². The molecule has 2 aliphatic heterocycles. The fourth-order valence-electron chi connectivity index (χ4n) is 5.81. The minimum Gasteiger partial charge on any atom is -0.496 e. The zero-order valence-corrected chi connectivity index (χ0v) is 19.2. The Labute approximate surface area is 188 Å². The van der Waals surface area contributed by atoms with Crippen LogP contribution in [0.15, 0.2) is 30.5 Å². The van der Waals surface area contributed by atoms with E-state index in [2.05, 4.69) is 18.7 Å². The van der Waals surface area contributed by atoms with Crippen LogP contribution in [0.3, 0.4) is 0 Å². The highest BCUT2D eigenvalue weighted by atomic mass is 32.1. The molecule has 1 saturated heterocycles. The number of likely N-dealkylation sites (tertiary alicyclic amines) is 1. The van der Waals surface area contributed by atoms with Crippen LogP contribution in [-0.4, -0.2) is 52.6 Å². The topological polar surface area (TPSA) is 62.7 Å². The van der Waals surface area contributed by atoms with Gasteiger partial charge >= 0.3 is 0 Å². The number of ketones is 1. The van der Waals surface area contributed by atoms with Gasteiger partial charge in [0, 0.05) is 19.0 Å². The Balaban J connectivity index is 1.43. The summed E-state index contributed by atoms with van der Waals surface area (Å²) in [5.74, 6) is 0.721. The van der Waals surface area contributed by atoms with Crippen molar-refractivity contribution in [1.29, 1.82) is 0 Å². The number of ether oxygens (including phenoxy) is 1. The van der Waals surface area contributed by atoms with E-state index in [1.165, 1.54) is 12.8 Å². The summed E-state index contributed by atoms with van der Waals surface area (Å²) in [6.07, 6.45) is 5.01. The van der Waals surface area contributed by atoms with E-state index in [4.69, 9.17) is 9.72 Å². The van der Waals surface area contributed by atoms with Crippen molar-refractivity contribution in [2.75, 3.05) is 19.6 Å². The van der Waals surface area contributed by atoms with Gasteiger partial charge in [-0.25, -0.2) is 4.98 Å². The summed E-state index contributed by atoms with van der Waals surface area (Å²) >= 11 is 1.55. The van der Waals surface area contributed by atoms with Gasteiger partial charge in [-0.15, -0.1) is 11.3 Å². The highest BCUT2D eigenvalue weighted by Gasteiger charge is 2.50. The number of piperidine rings is 1. The van der Waals surface area contributed by atoms with E-state index >= 15 is 0 Å². The molecule has 1 aromatic heterocycles. The van der Waals surface area contributed by atoms with Crippen LogP contribution in [0.25, 0.3) is 15.8 Å². The molecule has 31 heavy (non-hydrogen) atoms. The summed E-state index contributed by atoms with van der Waals surface area (Å²) in [7, 11) is 0. The molecule has 1 aromatic carbocycles. The maximum absolute atomic E-state index is 13.6. The molecule has 2 fully saturated rings. The first-order valence-corrected chi connectivity index (χ1v) is 12.5. The number of fused-ring (bicyclic) bond motifs is 2. The van der Waals surface area contributed by atoms with Crippen LogP contribution >= 0.6 is 11.3 Å². The number of Topliss-reactive ketones (excluding diaryl/α,β-unsaturated/α-hetero) is 1. The quantitative estimate of drug-likeness (QED) is 0.765. The van der Waals surface area contributed by atoms with Gasteiger partial charge in [-0.1, -0.05) is 32.4 Å². The molecule has 2 aromatic rings. The zero-order chi connectivity index (χ0) is 21.5. The Morgan fingerprint density at radius 1 is 1.32 bits per heavy atom. The van der Waals surface area contributed by atoms with Gasteiger partial charge < -0.3 is 14.7 Å². The number of aliphatic hydroxyl groups excluding tert-OH is 1. The molecule has 6 unspecified atom stereocenters. The zero-order valence-electron chi connectivity index (χ0n) is 18.4. The third kappa shape index (κ3) is 3.94. The summed E-state index contributed by atoms with van der Waals surface area (Å²) in [5, 5.41) is 11.9. The van der Waals surface area contributed by atoms with Gasteiger partial charge in [-0.2, -0.15) is 0 Å². The number of allylic oxidation sites excluding steroid dienone is 1. The predicted octanol–water partition coefficient (Wildman–Crippen LogP) is 4.36. The summed E-state index contributed by atoms with van der Waals surface area (Å²) < 4.78 is 7.34. The Morgan fingerprint density at radius 2 is 2.16 bits per heavy atom. The SMILES string of the molecule is CCC1CC2C(=O)C(c3nc4ccccc4s3)=COC2C(CN2CCCC(C)C2)C1O. The van der Waals surface area contributed by atoms with Gasteiger partial charge in [0.05, 0.1) is 34.1 Å². The third-order valence-electron chi connectivity index (χ3n) is 7.50. The molecule has 1 N–H and O–H groups in total. The second-order valence-electron chi connectivity index (χ2n) is 9.66. The maximum atomic E-state index is 13.6. The van der Waals surface area contributed by atoms with Gasteiger partial charge in [0.1, 0.15) is 11.1 Å². The smallest absolute Gasteiger partial charge is 0.175 e. The molecule has 0 spiro atoms. The summed E-state index contributed by atoms with van der Waals surface area (Å²) in [6, 6.07) is 7.98. The van der Waals surface area contributed by atoms with E-state index in [-0.39, 0.29) is 29.6 Å². The number of thiazole rings is 1. The van der Waals surface area contributed by atoms with Crippen LogP contribution in [0.2, 0.25) is 0 Å². The summed E-state index contributed by atoms with van der Waals surface area (Å²) in [4.78, 5) is 20.8. The second kappa shape index (κ2) is 8.64. The minimum absolute atomic E-state index is 0.0360. The van der Waals surface area contributed by atoms with Crippen LogP contribution in [0, 0.1) is 23.7 Å². The number of hydrogen-bond donors (Lipinski definition) is 1. The van der Waals surface area contributed by atoms with Crippen LogP contribution < -0.4 is 0 Å². The Kier molecular flexibility index (Phi) is 5.88. The number of aromatic nitrogens is 1. The molecule has 0 amide bonds. The highest BCUT2D eigenvalue weighted by Crippen LogP contribution is 2.44. The van der Waals surface area contributed by atoms with E-state index in [9.17, 15) is 9.90 Å². The number of aliphatic hydroxyl groups is 1. The van der Waals surface area contributed by atoms with E-state index < -0.39 is 6.10 Å². The van der Waals surface area contributed by atoms with Crippen LogP contribution in [-0.2, 0) is 9.53 Å². The van der Waals surface area contributed by atoms with Crippen molar-refractivity contribution in [2.45, 2.75) is 51.7 Å². The monoisotopic (exact) mass is 440 g/mol. The Hall–Kier alpha value is -1.76. The normalized spacial score (nSPS) is 34.3. The molecule has 5 nitrogen and oxygen atoms in total. The first-order valence-electron chi connectivity index (χ1n) is 11.7. The lowest BCUT2D eigenvalue weighted by Crippen LogP contribution is -2.55. The molecule has 1 saturated carbocycles. The number of carbonyl (C=O) groups is 1. The first-order chi connectivity index (χ1) is 15.0. The van der Waals surface area contributed by atoms with Crippen molar-refractivity contribution in [1.82, 2.24) is 9.88 Å². The third-order valence-corrected chi connectivity index (χ3v) is 8.57. The molecule has 1 aliphatic carbocycles. The van der Waals surface area contributed by atoms with Gasteiger partial charge in [0.25, 0.3) is 0 Å². The fraction of sp³-hybridized carbons (Fsp3) is 0.600. The van der Waals surface area contributed by atoms with E-state index in [0.29, 0.717) is 17.9 Å². The predicted molar refractivity (Wildman–Crippen MR) is 124 cm³/mol. The maximum Gasteiger partial charge on any atom is 0.175 e. The summed E-state index contributed by atoms with van der Waals surface area (Å²) in [6.45, 7) is 7.36. The molecule has 6 atom stereocenters. The number of benzene rings is 1. The van der Waals surface area contributed by atoms with Crippen molar-refractivity contribution in [3.8, 4) is 0 Å². The molecule has 5 rings (SSSR count). The second-order valence-corrected chi connectivity index (χ2v) is 10.7. The largest absolute Gasteiger partial charge is 0.496 e. The number of carbonyl (C=O) groups excluding carboxylic acids is 1. The van der Waals surface area contributed by atoms with Gasteiger partial charge in [-0.05, 0) is 49.8 Å². The summed E-state index contributed by atoms with van der Waals surface area (Å²) in [5.41, 5.74) is 1.51. The lowest BCUT2D eigenvalue weighted by molar-refractivity contribution is -0.141. The molecule has 0 bridgehead atoms. The van der Waals surface area contributed by atoms with Gasteiger partial charge in [-0.3, -0.25) is 4.79 Å². The lowest BCUT2D eigenvalue weighted by atomic mass is 9.67. The first kappa shape index (κ1) is 21.1. The number of rotatable bonds is 4. The molecule has 6 heteroatoms. The average Bonchev–Trinajstić information content (AvgIpc) is 3.20. The van der Waals surface area contributed by atoms with Crippen molar-refractivity contribution in [3.05, 3.63) is 35.5 Å². The van der Waals surface area contributed by atoms with Crippen LogP contribution in [0.4, 0.5) is 0 Å². The highest BCUT2D eigenvalue weighted by molar-refractivity contribution is 7.19. The molecule has 3 aliphatic rings. The number of nitrogens with zero attached hydrogens (tertiary/aromatic N) is 2. The molecular formula is C25H32N2O3S. The fourth-order valence-corrected chi connectivity index (χ4v) is 6.79. The van der Waals surface area contributed by atoms with Crippen LogP contribution in [0.5, 0.6) is 0 Å². The molecule has 166 valence electrons. The van der Waals surface area contributed by atoms with E-state index in [1.807, 2.05) is 24.3 Å². The molecule has 3 heterocycles. The van der Waals surface area contributed by atoms with E-state index in [1.54, 1.807) is 17.6 Å². The molecule has 0 radical (unpaired) electrons. The number of hydrogen-bond acceptors (Lipinski definition) is 6. The van der Waals surface area contributed by atoms with Gasteiger partial charge in [0.15, 0.2) is 5.78 Å². The van der Waals surface area contributed by atoms with Crippen molar-refractivity contribution < 1.29 is 14.6 Å². The van der Waals surface area contributed by atoms with Crippen molar-refractivity contribution in [2.24, 2.45) is 23.7 Å². The van der Waals surface area contributed by atoms with Crippen molar-refractivity contribution >= 4 is 32.9 Å². The average molecular weight is 441 g/mol. The Bertz CT molecular complexity index is 953. The van der Waals surface area contributed by atoms with Crippen molar-refractivity contribution in [3.63, 3.8) is 0 Å². The van der Waals surface area contributed by atoms with Crippen LogP contribution in [0.1, 0.15) is 44.5 Å². The molecular weight excluding hydrogens is 408 g/mol. The Morgan fingerprint density at radius 3 is 2.94 bits per heavy atom.